The van der Waals surface area contributed by atoms with Gasteiger partial charge in [0.1, 0.15) is 0 Å². The molecular formula is C12H26N4O. The lowest BCUT2D eigenvalue weighted by Crippen LogP contribution is -2.67. The molecule has 2 aliphatic rings. The van der Waals surface area contributed by atoms with Gasteiger partial charge in [0.25, 0.3) is 0 Å². The second-order valence-corrected chi connectivity index (χ2v) is 5.24. The molecule has 2 saturated heterocycles. The van der Waals surface area contributed by atoms with Gasteiger partial charge in [0, 0.05) is 18.1 Å². The normalized spacial score (nSPS) is 33.7. The molecule has 5 nitrogen and oxygen atoms in total. The van der Waals surface area contributed by atoms with Crippen LogP contribution in [0.1, 0.15) is 33.1 Å². The summed E-state index contributed by atoms with van der Waals surface area (Å²) in [6, 6.07) is 0. The van der Waals surface area contributed by atoms with Crippen LogP contribution in [0.2, 0.25) is 0 Å². The first-order valence-corrected chi connectivity index (χ1v) is 6.83. The summed E-state index contributed by atoms with van der Waals surface area (Å²) in [7, 11) is 0. The predicted molar refractivity (Wildman–Crippen MR) is 68.4 cm³/mol. The summed E-state index contributed by atoms with van der Waals surface area (Å²) in [6.45, 7) is 6.38. The Hall–Kier alpha value is -0.200. The fraction of sp³-hybridized carbons (Fsp3) is 1.00. The molecular weight excluding hydrogens is 216 g/mol. The zero-order valence-electron chi connectivity index (χ0n) is 10.9. The molecule has 3 unspecified atom stereocenters. The third kappa shape index (κ3) is 2.63. The number of aliphatic hydroxyl groups excluding tert-OH is 1. The van der Waals surface area contributed by atoms with Crippen LogP contribution >= 0.6 is 0 Å². The molecule has 0 amide bonds. The van der Waals surface area contributed by atoms with E-state index in [4.69, 9.17) is 0 Å². The standard InChI is InChI=1S/C12H26N4O/c1-3-12(4-2,7-17)16-11-9-5-6-13-10(9)14-8-15-11/h9-11,13-17H,3-8H2,1-2H3. The topological polar surface area (TPSA) is 68.3 Å². The van der Waals surface area contributed by atoms with Crippen molar-refractivity contribution in [3.8, 4) is 0 Å². The molecule has 100 valence electrons. The van der Waals surface area contributed by atoms with Gasteiger partial charge >= 0.3 is 0 Å². The minimum absolute atomic E-state index is 0.137. The summed E-state index contributed by atoms with van der Waals surface area (Å²) in [5, 5.41) is 23.7. The number of rotatable bonds is 5. The van der Waals surface area contributed by atoms with Crippen LogP contribution in [-0.4, -0.2) is 42.8 Å². The molecule has 0 aromatic carbocycles. The monoisotopic (exact) mass is 242 g/mol. The lowest BCUT2D eigenvalue weighted by molar-refractivity contribution is 0.0932. The Morgan fingerprint density at radius 1 is 1.24 bits per heavy atom. The van der Waals surface area contributed by atoms with Crippen LogP contribution < -0.4 is 21.3 Å². The summed E-state index contributed by atoms with van der Waals surface area (Å²) in [4.78, 5) is 0. The van der Waals surface area contributed by atoms with Gasteiger partial charge in [0.2, 0.25) is 0 Å². The van der Waals surface area contributed by atoms with Crippen LogP contribution in [0.4, 0.5) is 0 Å². The smallest absolute Gasteiger partial charge is 0.0644 e. The molecule has 17 heavy (non-hydrogen) atoms. The Morgan fingerprint density at radius 2 is 2.00 bits per heavy atom. The lowest BCUT2D eigenvalue weighted by Gasteiger charge is -2.42. The summed E-state index contributed by atoms with van der Waals surface area (Å²) < 4.78 is 0. The summed E-state index contributed by atoms with van der Waals surface area (Å²) in [5.74, 6) is 0.563. The highest BCUT2D eigenvalue weighted by Crippen LogP contribution is 2.23. The molecule has 0 aromatic rings. The van der Waals surface area contributed by atoms with E-state index in [0.29, 0.717) is 18.2 Å². The average Bonchev–Trinajstić information content (AvgIpc) is 2.85. The van der Waals surface area contributed by atoms with E-state index in [9.17, 15) is 5.11 Å². The van der Waals surface area contributed by atoms with E-state index in [-0.39, 0.29) is 12.1 Å². The van der Waals surface area contributed by atoms with Crippen molar-refractivity contribution in [3.63, 3.8) is 0 Å². The third-order valence-electron chi connectivity index (χ3n) is 4.46. The van der Waals surface area contributed by atoms with Gasteiger partial charge in [-0.15, -0.1) is 0 Å². The fourth-order valence-corrected chi connectivity index (χ4v) is 2.95. The Bertz CT molecular complexity index is 236. The van der Waals surface area contributed by atoms with Crippen LogP contribution in [-0.2, 0) is 0 Å². The van der Waals surface area contributed by atoms with Crippen molar-refractivity contribution < 1.29 is 5.11 Å². The van der Waals surface area contributed by atoms with Crippen LogP contribution in [0.3, 0.4) is 0 Å². The van der Waals surface area contributed by atoms with E-state index in [1.54, 1.807) is 0 Å². The van der Waals surface area contributed by atoms with Gasteiger partial charge in [-0.2, -0.15) is 0 Å². The summed E-state index contributed by atoms with van der Waals surface area (Å²) in [6.07, 6.45) is 3.80. The highest BCUT2D eigenvalue weighted by Gasteiger charge is 2.39. The van der Waals surface area contributed by atoms with Gasteiger partial charge in [-0.25, -0.2) is 0 Å². The molecule has 2 rings (SSSR count). The number of hydrogen-bond acceptors (Lipinski definition) is 5. The van der Waals surface area contributed by atoms with E-state index in [1.807, 2.05) is 0 Å². The van der Waals surface area contributed by atoms with Crippen LogP contribution in [0, 0.1) is 5.92 Å². The summed E-state index contributed by atoms with van der Waals surface area (Å²) in [5.41, 5.74) is -0.137. The number of fused-ring (bicyclic) bond motifs is 1. The van der Waals surface area contributed by atoms with Gasteiger partial charge in [-0.1, -0.05) is 13.8 Å². The van der Waals surface area contributed by atoms with Crippen LogP contribution in [0.5, 0.6) is 0 Å². The van der Waals surface area contributed by atoms with Crippen LogP contribution in [0.15, 0.2) is 0 Å². The molecule has 2 aliphatic heterocycles. The SMILES string of the molecule is CCC(CC)(CO)NC1NCNC2NCCC21. The van der Waals surface area contributed by atoms with Crippen molar-refractivity contribution >= 4 is 0 Å². The highest BCUT2D eigenvalue weighted by molar-refractivity contribution is 4.96. The largest absolute Gasteiger partial charge is 0.394 e. The van der Waals surface area contributed by atoms with Crippen molar-refractivity contribution in [1.29, 1.82) is 0 Å². The highest BCUT2D eigenvalue weighted by atomic mass is 16.3. The van der Waals surface area contributed by atoms with Crippen molar-refractivity contribution in [2.24, 2.45) is 5.92 Å². The lowest BCUT2D eigenvalue weighted by atomic mass is 9.90. The molecule has 2 fully saturated rings. The van der Waals surface area contributed by atoms with Crippen molar-refractivity contribution in [2.45, 2.75) is 51.0 Å². The van der Waals surface area contributed by atoms with Crippen molar-refractivity contribution in [3.05, 3.63) is 0 Å². The molecule has 0 radical (unpaired) electrons. The number of nitrogens with one attached hydrogen (secondary N) is 4. The zero-order valence-corrected chi connectivity index (χ0v) is 10.9. The van der Waals surface area contributed by atoms with E-state index in [2.05, 4.69) is 35.1 Å². The maximum atomic E-state index is 9.63. The molecule has 2 heterocycles. The van der Waals surface area contributed by atoms with Crippen LogP contribution in [0.25, 0.3) is 0 Å². The minimum atomic E-state index is -0.137. The van der Waals surface area contributed by atoms with E-state index in [1.165, 1.54) is 6.42 Å². The molecule has 0 spiro atoms. The number of hydrogen-bond donors (Lipinski definition) is 5. The quantitative estimate of drug-likeness (QED) is 0.451. The molecule has 5 heteroatoms. The molecule has 5 N–H and O–H groups in total. The van der Waals surface area contributed by atoms with Gasteiger partial charge < -0.3 is 10.4 Å². The Morgan fingerprint density at radius 3 is 2.65 bits per heavy atom. The average molecular weight is 242 g/mol. The molecule has 0 aromatic heterocycles. The van der Waals surface area contributed by atoms with E-state index in [0.717, 1.165) is 26.1 Å². The summed E-state index contributed by atoms with van der Waals surface area (Å²) >= 11 is 0. The first kappa shape index (κ1) is 13.2. The van der Waals surface area contributed by atoms with E-state index < -0.39 is 0 Å². The zero-order chi connectivity index (χ0) is 12.3. The minimum Gasteiger partial charge on any atom is -0.394 e. The predicted octanol–water partition coefficient (Wildman–Crippen LogP) is -0.461. The Kier molecular flexibility index (Phi) is 4.38. The van der Waals surface area contributed by atoms with Gasteiger partial charge in [0.05, 0.1) is 18.9 Å². The molecule has 3 atom stereocenters. The molecule has 0 bridgehead atoms. The number of aliphatic hydroxyl groups is 1. The first-order valence-electron chi connectivity index (χ1n) is 6.83. The van der Waals surface area contributed by atoms with Gasteiger partial charge in [-0.3, -0.25) is 16.0 Å². The fourth-order valence-electron chi connectivity index (χ4n) is 2.95. The first-order chi connectivity index (χ1) is 8.24. The van der Waals surface area contributed by atoms with E-state index >= 15 is 0 Å². The Labute approximate surface area is 104 Å². The maximum Gasteiger partial charge on any atom is 0.0644 e. The maximum absolute atomic E-state index is 9.63. The third-order valence-corrected chi connectivity index (χ3v) is 4.46. The van der Waals surface area contributed by atoms with Gasteiger partial charge in [0.15, 0.2) is 0 Å². The second kappa shape index (κ2) is 5.63. The van der Waals surface area contributed by atoms with Crippen molar-refractivity contribution in [1.82, 2.24) is 21.3 Å². The second-order valence-electron chi connectivity index (χ2n) is 5.24. The molecule has 0 saturated carbocycles. The van der Waals surface area contributed by atoms with Crippen molar-refractivity contribution in [2.75, 3.05) is 19.8 Å². The molecule has 0 aliphatic carbocycles. The van der Waals surface area contributed by atoms with Gasteiger partial charge in [-0.05, 0) is 25.8 Å². The Balaban J connectivity index is 2.01.